The molecule has 0 aromatic rings. The lowest BCUT2D eigenvalue weighted by Crippen LogP contribution is -2.62. The zero-order valence-corrected chi connectivity index (χ0v) is 21.9. The van der Waals surface area contributed by atoms with E-state index in [2.05, 4.69) is 55.4 Å². The first-order valence-electron chi connectivity index (χ1n) is 14.0. The summed E-state index contributed by atoms with van der Waals surface area (Å²) in [6.45, 7) is 20.9. The van der Waals surface area contributed by atoms with Gasteiger partial charge in [0, 0.05) is 0 Å². The lowest BCUT2D eigenvalue weighted by molar-refractivity contribution is -0.203. The van der Waals surface area contributed by atoms with Crippen LogP contribution in [0.15, 0.2) is 0 Å². The molecule has 0 unspecified atom stereocenters. The van der Waals surface area contributed by atoms with Gasteiger partial charge in [-0.1, -0.05) is 81.1 Å². The molecular weight excluding hydrogens is 360 g/mol. The molecule has 4 aliphatic carbocycles. The number of hydrogen-bond acceptors (Lipinski definition) is 0. The van der Waals surface area contributed by atoms with Crippen molar-refractivity contribution in [1.29, 1.82) is 0 Å². The third-order valence-corrected chi connectivity index (χ3v) is 12.4. The summed E-state index contributed by atoms with van der Waals surface area (Å²) in [5.41, 5.74) is 2.35. The van der Waals surface area contributed by atoms with E-state index in [4.69, 9.17) is 0 Å². The van der Waals surface area contributed by atoms with Crippen molar-refractivity contribution >= 4 is 0 Å². The summed E-state index contributed by atoms with van der Waals surface area (Å²) in [7, 11) is 0. The van der Waals surface area contributed by atoms with Gasteiger partial charge >= 0.3 is 0 Å². The van der Waals surface area contributed by atoms with Crippen molar-refractivity contribution in [2.75, 3.05) is 0 Å². The van der Waals surface area contributed by atoms with Gasteiger partial charge in [-0.2, -0.15) is 0 Å². The predicted molar refractivity (Wildman–Crippen MR) is 131 cm³/mol. The molecule has 4 rings (SSSR count). The molecule has 0 heterocycles. The summed E-state index contributed by atoms with van der Waals surface area (Å²) in [5.74, 6) is 5.76. The van der Waals surface area contributed by atoms with Crippen LogP contribution < -0.4 is 0 Å². The van der Waals surface area contributed by atoms with Gasteiger partial charge < -0.3 is 0 Å². The minimum absolute atomic E-state index is 0.565. The van der Waals surface area contributed by atoms with Crippen LogP contribution in [0.5, 0.6) is 0 Å². The van der Waals surface area contributed by atoms with E-state index in [1.807, 2.05) is 0 Å². The maximum atomic E-state index is 2.79. The average molecular weight is 415 g/mol. The van der Waals surface area contributed by atoms with Crippen molar-refractivity contribution in [2.24, 2.45) is 57.2 Å². The standard InChI is InChI=1S/C30H54/c1-21(2)11-9-12-22(3)23-15-19-29(7)24(23)13-14-26-28(6)18-10-17-27(4,5)25(28)16-20-30(26,29)8/h21-26H,9-20H2,1-8H3/t22-,23-,24+,25-,26+,28+,29+,30+/m1/s1. The summed E-state index contributed by atoms with van der Waals surface area (Å²) >= 11 is 0. The lowest BCUT2D eigenvalue weighted by atomic mass is 9.35. The molecule has 0 aromatic heterocycles. The zero-order chi connectivity index (χ0) is 21.9. The predicted octanol–water partition coefficient (Wildman–Crippen LogP) is 9.52. The molecule has 4 saturated carbocycles. The molecule has 0 radical (unpaired) electrons. The van der Waals surface area contributed by atoms with Crippen LogP contribution in [0.1, 0.15) is 132 Å². The highest BCUT2D eigenvalue weighted by molar-refractivity contribution is 5.16. The van der Waals surface area contributed by atoms with Crippen molar-refractivity contribution in [3.05, 3.63) is 0 Å². The fourth-order valence-electron chi connectivity index (χ4n) is 10.6. The smallest absolute Gasteiger partial charge is 0.0235 e. The molecule has 174 valence electrons. The van der Waals surface area contributed by atoms with Crippen molar-refractivity contribution in [3.63, 3.8) is 0 Å². The van der Waals surface area contributed by atoms with Crippen LogP contribution in [-0.2, 0) is 0 Å². The Labute approximate surface area is 189 Å². The largest absolute Gasteiger partial charge is 0.0628 e. The van der Waals surface area contributed by atoms with E-state index in [-0.39, 0.29) is 0 Å². The molecule has 0 saturated heterocycles. The molecule has 8 atom stereocenters. The highest BCUT2D eigenvalue weighted by Crippen LogP contribution is 2.75. The zero-order valence-electron chi connectivity index (χ0n) is 21.9. The Morgan fingerprint density at radius 3 is 2.10 bits per heavy atom. The topological polar surface area (TPSA) is 0 Å². The van der Waals surface area contributed by atoms with Crippen LogP contribution in [0.25, 0.3) is 0 Å². The van der Waals surface area contributed by atoms with Gasteiger partial charge in [-0.3, -0.25) is 0 Å². The Morgan fingerprint density at radius 2 is 1.40 bits per heavy atom. The summed E-state index contributed by atoms with van der Waals surface area (Å²) in [6, 6.07) is 0. The Kier molecular flexibility index (Phi) is 6.02. The highest BCUT2D eigenvalue weighted by atomic mass is 14.7. The molecule has 0 nitrogen and oxygen atoms in total. The summed E-state index contributed by atoms with van der Waals surface area (Å²) in [6.07, 6.45) is 18.0. The van der Waals surface area contributed by atoms with Crippen LogP contribution >= 0.6 is 0 Å². The van der Waals surface area contributed by atoms with Crippen molar-refractivity contribution in [2.45, 2.75) is 132 Å². The summed E-state index contributed by atoms with van der Waals surface area (Å²) < 4.78 is 0. The third-order valence-electron chi connectivity index (χ3n) is 12.4. The number of rotatable bonds is 5. The van der Waals surface area contributed by atoms with E-state index in [0.717, 1.165) is 35.5 Å². The van der Waals surface area contributed by atoms with Crippen molar-refractivity contribution in [1.82, 2.24) is 0 Å². The lowest BCUT2D eigenvalue weighted by Gasteiger charge is -2.69. The van der Waals surface area contributed by atoms with Gasteiger partial charge in [-0.15, -0.1) is 0 Å². The second-order valence-corrected chi connectivity index (χ2v) is 14.5. The molecule has 30 heavy (non-hydrogen) atoms. The van der Waals surface area contributed by atoms with E-state index < -0.39 is 0 Å². The van der Waals surface area contributed by atoms with Crippen LogP contribution in [0.4, 0.5) is 0 Å². The van der Waals surface area contributed by atoms with E-state index >= 15 is 0 Å². The van der Waals surface area contributed by atoms with E-state index in [0.29, 0.717) is 21.7 Å². The minimum Gasteiger partial charge on any atom is -0.0628 e. The molecular formula is C30H54. The summed E-state index contributed by atoms with van der Waals surface area (Å²) in [5, 5.41) is 0. The van der Waals surface area contributed by atoms with Gasteiger partial charge in [0.1, 0.15) is 0 Å². The third kappa shape index (κ3) is 3.36. The molecule has 0 aliphatic heterocycles. The number of hydrogen-bond donors (Lipinski definition) is 0. The molecule has 0 aromatic carbocycles. The minimum atomic E-state index is 0.565. The maximum absolute atomic E-state index is 2.79. The van der Waals surface area contributed by atoms with Crippen LogP contribution in [0, 0.1) is 57.2 Å². The number of fused-ring (bicyclic) bond motifs is 5. The second kappa shape index (κ2) is 7.80. The maximum Gasteiger partial charge on any atom is -0.0235 e. The fourth-order valence-corrected chi connectivity index (χ4v) is 10.6. The van der Waals surface area contributed by atoms with E-state index in [9.17, 15) is 0 Å². The molecule has 4 aliphatic rings. The van der Waals surface area contributed by atoms with Gasteiger partial charge in [0.05, 0.1) is 0 Å². The van der Waals surface area contributed by atoms with Gasteiger partial charge in [0.2, 0.25) is 0 Å². The Balaban J connectivity index is 1.55. The normalized spacial score (nSPS) is 48.7. The molecule has 0 spiro atoms. The highest BCUT2D eigenvalue weighted by Gasteiger charge is 2.67. The van der Waals surface area contributed by atoms with E-state index in [1.165, 1.54) is 70.6 Å². The molecule has 4 fully saturated rings. The Hall–Kier alpha value is 0. The Morgan fingerprint density at radius 1 is 0.700 bits per heavy atom. The van der Waals surface area contributed by atoms with E-state index in [1.54, 1.807) is 6.42 Å². The van der Waals surface area contributed by atoms with Gasteiger partial charge in [-0.25, -0.2) is 0 Å². The molecule has 0 heteroatoms. The second-order valence-electron chi connectivity index (χ2n) is 14.5. The van der Waals surface area contributed by atoms with Crippen LogP contribution in [0.3, 0.4) is 0 Å². The van der Waals surface area contributed by atoms with Gasteiger partial charge in [0.25, 0.3) is 0 Å². The SMILES string of the molecule is CC(C)CCC[C@@H](C)[C@H]1CC[C@@]2(C)[C@H]1CC[C@H]1[C@@]3(C)CCCC(C)(C)[C@H]3CC[C@@]12C. The first-order chi connectivity index (χ1) is 14.0. The fraction of sp³-hybridized carbons (Fsp3) is 1.00. The molecule has 0 amide bonds. The van der Waals surface area contributed by atoms with Gasteiger partial charge in [-0.05, 0) is 109 Å². The first-order valence-corrected chi connectivity index (χ1v) is 14.0. The Bertz CT molecular complexity index is 616. The van der Waals surface area contributed by atoms with Crippen molar-refractivity contribution < 1.29 is 0 Å². The molecule has 0 bridgehead atoms. The average Bonchev–Trinajstić information content (AvgIpc) is 2.99. The summed E-state index contributed by atoms with van der Waals surface area (Å²) in [4.78, 5) is 0. The molecule has 0 N–H and O–H groups in total. The first kappa shape index (κ1) is 23.2. The van der Waals surface area contributed by atoms with Crippen molar-refractivity contribution in [3.8, 4) is 0 Å². The van der Waals surface area contributed by atoms with Crippen LogP contribution in [0.2, 0.25) is 0 Å². The quantitative estimate of drug-likeness (QED) is 0.420. The van der Waals surface area contributed by atoms with Gasteiger partial charge in [0.15, 0.2) is 0 Å². The monoisotopic (exact) mass is 414 g/mol. The van der Waals surface area contributed by atoms with Crippen LogP contribution in [-0.4, -0.2) is 0 Å².